The Morgan fingerprint density at radius 3 is 2.92 bits per heavy atom. The van der Waals surface area contributed by atoms with E-state index < -0.39 is 0 Å². The zero-order valence-electron chi connectivity index (χ0n) is 13.0. The van der Waals surface area contributed by atoms with Crippen molar-refractivity contribution in [2.75, 3.05) is 24.5 Å². The monoisotopic (exact) mass is 339 g/mol. The fourth-order valence-electron chi connectivity index (χ4n) is 3.06. The Morgan fingerprint density at radius 1 is 1.29 bits per heavy atom. The molecule has 3 N–H and O–H groups in total. The standard InChI is InChI=1S/C17H17N5OS/c18-15(23)13-8-22(7-6-19-13)16-14-12(11-4-2-1-3-5-11)9-24-17(14)21-10-20-16/h1-5,9-10,13,19H,6-8H2,(H2,18,23). The lowest BCUT2D eigenvalue weighted by molar-refractivity contribution is -0.120. The Morgan fingerprint density at radius 2 is 2.12 bits per heavy atom. The van der Waals surface area contributed by atoms with Crippen LogP contribution in [0.15, 0.2) is 42.0 Å². The molecule has 122 valence electrons. The van der Waals surface area contributed by atoms with E-state index in [4.69, 9.17) is 5.73 Å². The number of fused-ring (bicyclic) bond motifs is 1. The van der Waals surface area contributed by atoms with Crippen molar-refractivity contribution >= 4 is 33.3 Å². The zero-order chi connectivity index (χ0) is 16.5. The maximum atomic E-state index is 11.5. The summed E-state index contributed by atoms with van der Waals surface area (Å²) >= 11 is 1.61. The van der Waals surface area contributed by atoms with Crippen LogP contribution < -0.4 is 16.0 Å². The number of piperazine rings is 1. The topological polar surface area (TPSA) is 84.1 Å². The largest absolute Gasteiger partial charge is 0.368 e. The third-order valence-electron chi connectivity index (χ3n) is 4.25. The van der Waals surface area contributed by atoms with Gasteiger partial charge in [-0.1, -0.05) is 30.3 Å². The Kier molecular flexibility index (Phi) is 3.87. The molecule has 7 heteroatoms. The summed E-state index contributed by atoms with van der Waals surface area (Å²) < 4.78 is 0. The number of aromatic nitrogens is 2. The van der Waals surface area contributed by atoms with Crippen LogP contribution in [0.3, 0.4) is 0 Å². The number of benzene rings is 1. The van der Waals surface area contributed by atoms with Gasteiger partial charge in [0.25, 0.3) is 0 Å². The van der Waals surface area contributed by atoms with Gasteiger partial charge in [-0.25, -0.2) is 9.97 Å². The van der Waals surface area contributed by atoms with Crippen LogP contribution in [0.2, 0.25) is 0 Å². The number of amides is 1. The number of carbonyl (C=O) groups excluding carboxylic acids is 1. The summed E-state index contributed by atoms with van der Waals surface area (Å²) in [5.74, 6) is 0.534. The van der Waals surface area contributed by atoms with E-state index >= 15 is 0 Å². The van der Waals surface area contributed by atoms with E-state index in [1.807, 2.05) is 18.2 Å². The van der Waals surface area contributed by atoms with Gasteiger partial charge in [0.05, 0.1) is 5.39 Å². The fraction of sp³-hybridized carbons (Fsp3) is 0.235. The highest BCUT2D eigenvalue weighted by atomic mass is 32.1. The molecule has 1 saturated heterocycles. The van der Waals surface area contributed by atoms with Crippen LogP contribution >= 0.6 is 11.3 Å². The molecular formula is C17H17N5OS. The van der Waals surface area contributed by atoms with Crippen LogP contribution in [0.25, 0.3) is 21.3 Å². The van der Waals surface area contributed by atoms with E-state index in [2.05, 4.69) is 37.7 Å². The van der Waals surface area contributed by atoms with Crippen molar-refractivity contribution in [3.8, 4) is 11.1 Å². The van der Waals surface area contributed by atoms with Crippen LogP contribution in [0.4, 0.5) is 5.82 Å². The van der Waals surface area contributed by atoms with Crippen LogP contribution in [0.1, 0.15) is 0 Å². The second-order valence-electron chi connectivity index (χ2n) is 5.75. The molecule has 1 aromatic carbocycles. The minimum atomic E-state index is -0.359. The summed E-state index contributed by atoms with van der Waals surface area (Å²) in [6, 6.07) is 9.86. The van der Waals surface area contributed by atoms with Crippen molar-refractivity contribution in [2.45, 2.75) is 6.04 Å². The highest BCUT2D eigenvalue weighted by molar-refractivity contribution is 7.17. The van der Waals surface area contributed by atoms with E-state index in [0.717, 1.165) is 33.7 Å². The van der Waals surface area contributed by atoms with Gasteiger partial charge in [-0.2, -0.15) is 0 Å². The van der Waals surface area contributed by atoms with E-state index in [9.17, 15) is 4.79 Å². The van der Waals surface area contributed by atoms with Crippen LogP contribution in [0.5, 0.6) is 0 Å². The van der Waals surface area contributed by atoms with Crippen molar-refractivity contribution in [1.82, 2.24) is 15.3 Å². The summed E-state index contributed by atoms with van der Waals surface area (Å²) in [5.41, 5.74) is 7.73. The van der Waals surface area contributed by atoms with Gasteiger partial charge in [-0.15, -0.1) is 11.3 Å². The number of primary amides is 1. The molecule has 0 saturated carbocycles. The minimum absolute atomic E-state index is 0.335. The van der Waals surface area contributed by atoms with Gasteiger partial charge in [0, 0.05) is 30.6 Å². The van der Waals surface area contributed by atoms with Gasteiger partial charge in [-0.3, -0.25) is 4.79 Å². The Balaban J connectivity index is 1.81. The molecule has 1 aliphatic rings. The van der Waals surface area contributed by atoms with Crippen LogP contribution in [0, 0.1) is 0 Å². The highest BCUT2D eigenvalue weighted by Gasteiger charge is 2.26. The molecule has 2 aromatic heterocycles. The average Bonchev–Trinajstić information content (AvgIpc) is 3.07. The average molecular weight is 339 g/mol. The second kappa shape index (κ2) is 6.18. The maximum Gasteiger partial charge on any atom is 0.236 e. The lowest BCUT2D eigenvalue weighted by atomic mass is 10.1. The van der Waals surface area contributed by atoms with Crippen LogP contribution in [-0.2, 0) is 4.79 Å². The van der Waals surface area contributed by atoms with Crippen molar-refractivity contribution in [3.05, 3.63) is 42.0 Å². The quantitative estimate of drug-likeness (QED) is 0.757. The first-order valence-electron chi connectivity index (χ1n) is 7.79. The molecule has 1 unspecified atom stereocenters. The normalized spacial score (nSPS) is 18.0. The molecule has 0 spiro atoms. The zero-order valence-corrected chi connectivity index (χ0v) is 13.8. The number of hydrogen-bond donors (Lipinski definition) is 2. The summed E-state index contributed by atoms with van der Waals surface area (Å²) in [7, 11) is 0. The molecule has 4 rings (SSSR count). The van der Waals surface area contributed by atoms with Gasteiger partial charge in [-0.05, 0) is 5.56 Å². The SMILES string of the molecule is NC(=O)C1CN(c2ncnc3scc(-c4ccccc4)c23)CCN1. The molecule has 0 radical (unpaired) electrons. The van der Waals surface area contributed by atoms with E-state index in [0.29, 0.717) is 13.1 Å². The van der Waals surface area contributed by atoms with E-state index in [-0.39, 0.29) is 11.9 Å². The third kappa shape index (κ3) is 2.61. The van der Waals surface area contributed by atoms with Crippen LogP contribution in [-0.4, -0.2) is 41.6 Å². The van der Waals surface area contributed by atoms with Crippen molar-refractivity contribution in [1.29, 1.82) is 0 Å². The number of hydrogen-bond acceptors (Lipinski definition) is 6. The van der Waals surface area contributed by atoms with Crippen molar-refractivity contribution < 1.29 is 4.79 Å². The molecule has 3 heterocycles. The summed E-state index contributed by atoms with van der Waals surface area (Å²) in [6.45, 7) is 2.00. The van der Waals surface area contributed by atoms with E-state index in [1.165, 1.54) is 0 Å². The smallest absolute Gasteiger partial charge is 0.236 e. The number of nitrogens with two attached hydrogens (primary N) is 1. The van der Waals surface area contributed by atoms with Gasteiger partial charge in [0.2, 0.25) is 5.91 Å². The third-order valence-corrected chi connectivity index (χ3v) is 5.14. The van der Waals surface area contributed by atoms with Gasteiger partial charge in [0.15, 0.2) is 0 Å². The molecule has 0 aliphatic carbocycles. The summed E-state index contributed by atoms with van der Waals surface area (Å²) in [6.07, 6.45) is 1.59. The lowest BCUT2D eigenvalue weighted by Crippen LogP contribution is -2.56. The second-order valence-corrected chi connectivity index (χ2v) is 6.61. The van der Waals surface area contributed by atoms with Gasteiger partial charge in [0.1, 0.15) is 23.0 Å². The number of thiophene rings is 1. The molecule has 1 amide bonds. The molecular weight excluding hydrogens is 322 g/mol. The number of nitrogens with one attached hydrogen (secondary N) is 1. The number of anilines is 1. The predicted octanol–water partition coefficient (Wildman–Crippen LogP) is 1.62. The maximum absolute atomic E-state index is 11.5. The molecule has 1 atom stereocenters. The lowest BCUT2D eigenvalue weighted by Gasteiger charge is -2.33. The molecule has 1 aliphatic heterocycles. The number of rotatable bonds is 3. The van der Waals surface area contributed by atoms with Crippen molar-refractivity contribution in [3.63, 3.8) is 0 Å². The van der Waals surface area contributed by atoms with E-state index in [1.54, 1.807) is 17.7 Å². The number of carbonyl (C=O) groups is 1. The first-order valence-corrected chi connectivity index (χ1v) is 8.67. The first kappa shape index (κ1) is 15.0. The predicted molar refractivity (Wildman–Crippen MR) is 96.0 cm³/mol. The molecule has 24 heavy (non-hydrogen) atoms. The Bertz CT molecular complexity index is 879. The van der Waals surface area contributed by atoms with Crippen molar-refractivity contribution in [2.24, 2.45) is 5.73 Å². The molecule has 3 aromatic rings. The molecule has 6 nitrogen and oxygen atoms in total. The minimum Gasteiger partial charge on any atom is -0.368 e. The Labute approximate surface area is 143 Å². The first-order chi connectivity index (χ1) is 11.7. The van der Waals surface area contributed by atoms with Gasteiger partial charge < -0.3 is 16.0 Å². The summed E-state index contributed by atoms with van der Waals surface area (Å²) in [4.78, 5) is 23.5. The molecule has 1 fully saturated rings. The highest BCUT2D eigenvalue weighted by Crippen LogP contribution is 2.37. The number of nitrogens with zero attached hydrogens (tertiary/aromatic N) is 3. The molecule has 0 bridgehead atoms. The fourth-order valence-corrected chi connectivity index (χ4v) is 3.97. The summed E-state index contributed by atoms with van der Waals surface area (Å²) in [5, 5.41) is 6.31. The Hall–Kier alpha value is -2.51. The van der Waals surface area contributed by atoms with Gasteiger partial charge >= 0.3 is 0 Å².